The van der Waals surface area contributed by atoms with Gasteiger partial charge in [0, 0.05) is 26.0 Å². The maximum absolute atomic E-state index is 11.5. The van der Waals surface area contributed by atoms with Crippen LogP contribution in [0, 0.1) is 0 Å². The van der Waals surface area contributed by atoms with Crippen molar-refractivity contribution in [1.82, 2.24) is 19.6 Å². The number of amides is 1. The van der Waals surface area contributed by atoms with E-state index in [9.17, 15) is 4.79 Å². The lowest BCUT2D eigenvalue weighted by Crippen LogP contribution is -2.23. The third-order valence-corrected chi connectivity index (χ3v) is 3.71. The first-order chi connectivity index (χ1) is 12.2. The largest absolute Gasteiger partial charge is 0.450 e. The fourth-order valence-electron chi connectivity index (χ4n) is 2.45. The molecule has 130 valence electrons. The quantitative estimate of drug-likeness (QED) is 0.741. The number of nitrogens with zero attached hydrogens (tertiary/aromatic N) is 5. The van der Waals surface area contributed by atoms with Crippen molar-refractivity contribution in [2.45, 2.75) is 13.3 Å². The van der Waals surface area contributed by atoms with Crippen LogP contribution in [0.15, 0.2) is 42.7 Å². The lowest BCUT2D eigenvalue weighted by atomic mass is 10.2. The molecule has 0 spiro atoms. The second-order valence-electron chi connectivity index (χ2n) is 5.46. The number of nitrogens with one attached hydrogen (secondary N) is 1. The minimum Gasteiger partial charge on any atom is -0.450 e. The summed E-state index contributed by atoms with van der Waals surface area (Å²) in [5.41, 5.74) is 1.87. The molecule has 1 amide bonds. The molecule has 0 saturated heterocycles. The average molecular weight is 340 g/mol. The average Bonchev–Trinajstić information content (AvgIpc) is 3.02. The van der Waals surface area contributed by atoms with E-state index in [0.717, 1.165) is 18.8 Å². The van der Waals surface area contributed by atoms with Crippen molar-refractivity contribution >= 4 is 23.5 Å². The zero-order chi connectivity index (χ0) is 17.6. The van der Waals surface area contributed by atoms with E-state index in [1.807, 2.05) is 37.4 Å². The van der Waals surface area contributed by atoms with Gasteiger partial charge in [0.1, 0.15) is 5.82 Å². The van der Waals surface area contributed by atoms with Gasteiger partial charge in [-0.05, 0) is 43.2 Å². The smallest absolute Gasteiger partial charge is 0.414 e. The minimum absolute atomic E-state index is 0.216. The Kier molecular flexibility index (Phi) is 5.08. The van der Waals surface area contributed by atoms with Crippen LogP contribution >= 0.6 is 0 Å². The van der Waals surface area contributed by atoms with Crippen LogP contribution in [-0.2, 0) is 11.2 Å². The van der Waals surface area contributed by atoms with E-state index in [4.69, 9.17) is 4.74 Å². The third-order valence-electron chi connectivity index (χ3n) is 3.71. The second-order valence-corrected chi connectivity index (χ2v) is 5.46. The maximum atomic E-state index is 11.5. The Morgan fingerprint density at radius 2 is 2.08 bits per heavy atom. The first kappa shape index (κ1) is 16.7. The molecule has 3 heterocycles. The predicted molar refractivity (Wildman–Crippen MR) is 94.8 cm³/mol. The van der Waals surface area contributed by atoms with Crippen molar-refractivity contribution in [3.05, 3.63) is 48.3 Å². The molecule has 0 aliphatic rings. The van der Waals surface area contributed by atoms with Crippen molar-refractivity contribution in [2.24, 2.45) is 0 Å². The van der Waals surface area contributed by atoms with Crippen LogP contribution < -0.4 is 10.2 Å². The Morgan fingerprint density at radius 3 is 2.84 bits per heavy atom. The normalized spacial score (nSPS) is 10.6. The number of carbonyl (C=O) groups is 1. The number of aromatic nitrogens is 4. The molecule has 3 aromatic rings. The van der Waals surface area contributed by atoms with Crippen LogP contribution in [0.5, 0.6) is 0 Å². The second kappa shape index (κ2) is 7.61. The fourth-order valence-corrected chi connectivity index (χ4v) is 2.45. The summed E-state index contributed by atoms with van der Waals surface area (Å²) in [6, 6.07) is 9.72. The number of hydrogen-bond acceptors (Lipinski definition) is 6. The van der Waals surface area contributed by atoms with Crippen molar-refractivity contribution < 1.29 is 9.53 Å². The summed E-state index contributed by atoms with van der Waals surface area (Å²) < 4.78 is 6.55. The molecule has 1 N–H and O–H groups in total. The lowest BCUT2D eigenvalue weighted by Gasteiger charge is -2.19. The van der Waals surface area contributed by atoms with Gasteiger partial charge in [0.15, 0.2) is 5.65 Å². The standard InChI is InChI=1S/C17H20N6O2/c1-3-25-17(24)20-16-19-14-5-4-6-15(23(14)21-16)22(2)12-9-13-7-10-18-11-8-13/h4-8,10-11H,3,9,12H2,1-2H3,(H,20,21,24). The van der Waals surface area contributed by atoms with Gasteiger partial charge in [0.25, 0.3) is 5.95 Å². The number of likely N-dealkylation sites (N-methyl/N-ethyl adjacent to an activating group) is 1. The van der Waals surface area contributed by atoms with Crippen molar-refractivity contribution in [3.63, 3.8) is 0 Å². The molecule has 0 fully saturated rings. The van der Waals surface area contributed by atoms with Gasteiger partial charge < -0.3 is 9.64 Å². The highest BCUT2D eigenvalue weighted by molar-refractivity contribution is 5.82. The molecular formula is C17H20N6O2. The highest BCUT2D eigenvalue weighted by atomic mass is 16.5. The van der Waals surface area contributed by atoms with Gasteiger partial charge in [-0.15, -0.1) is 5.10 Å². The summed E-state index contributed by atoms with van der Waals surface area (Å²) in [6.07, 6.45) is 3.91. The summed E-state index contributed by atoms with van der Waals surface area (Å²) in [6.45, 7) is 2.85. The van der Waals surface area contributed by atoms with Crippen LogP contribution in [0.2, 0.25) is 0 Å². The van der Waals surface area contributed by atoms with Gasteiger partial charge >= 0.3 is 6.09 Å². The number of ether oxygens (including phenoxy) is 1. The molecule has 0 aliphatic heterocycles. The topological polar surface area (TPSA) is 84.6 Å². The van der Waals surface area contributed by atoms with E-state index in [1.165, 1.54) is 5.56 Å². The number of pyridine rings is 2. The zero-order valence-electron chi connectivity index (χ0n) is 14.2. The number of hydrogen-bond donors (Lipinski definition) is 1. The molecule has 25 heavy (non-hydrogen) atoms. The lowest BCUT2D eigenvalue weighted by molar-refractivity contribution is 0.167. The summed E-state index contributed by atoms with van der Waals surface area (Å²) in [5, 5.41) is 6.88. The third kappa shape index (κ3) is 4.03. The predicted octanol–water partition coefficient (Wildman–Crippen LogP) is 2.37. The van der Waals surface area contributed by atoms with Gasteiger partial charge in [0.05, 0.1) is 6.61 Å². The molecule has 3 rings (SSSR count). The SMILES string of the molecule is CCOC(=O)Nc1nc2cccc(N(C)CCc3ccncc3)n2n1. The number of carbonyl (C=O) groups excluding carboxylic acids is 1. The molecule has 8 heteroatoms. The monoisotopic (exact) mass is 340 g/mol. The summed E-state index contributed by atoms with van der Waals surface area (Å²) in [5.74, 6) is 1.10. The number of rotatable bonds is 6. The molecule has 8 nitrogen and oxygen atoms in total. The molecular weight excluding hydrogens is 320 g/mol. The minimum atomic E-state index is -0.564. The Morgan fingerprint density at radius 1 is 1.28 bits per heavy atom. The van der Waals surface area contributed by atoms with E-state index in [1.54, 1.807) is 23.8 Å². The molecule has 0 aliphatic carbocycles. The highest BCUT2D eigenvalue weighted by Gasteiger charge is 2.12. The zero-order valence-corrected chi connectivity index (χ0v) is 14.2. The number of fused-ring (bicyclic) bond motifs is 1. The van der Waals surface area contributed by atoms with Crippen molar-refractivity contribution in [3.8, 4) is 0 Å². The molecule has 0 saturated carbocycles. The first-order valence-corrected chi connectivity index (χ1v) is 8.07. The van der Waals surface area contributed by atoms with Crippen LogP contribution in [0.4, 0.5) is 16.6 Å². The van der Waals surface area contributed by atoms with E-state index < -0.39 is 6.09 Å². The molecule has 0 bridgehead atoms. The van der Waals surface area contributed by atoms with E-state index in [0.29, 0.717) is 12.3 Å². The first-order valence-electron chi connectivity index (χ1n) is 8.07. The van der Waals surface area contributed by atoms with E-state index >= 15 is 0 Å². The van der Waals surface area contributed by atoms with Crippen molar-refractivity contribution in [1.29, 1.82) is 0 Å². The van der Waals surface area contributed by atoms with Gasteiger partial charge in [-0.2, -0.15) is 9.50 Å². The Hall–Kier alpha value is -3.16. The highest BCUT2D eigenvalue weighted by Crippen LogP contribution is 2.16. The molecule has 0 atom stereocenters. The number of anilines is 2. The van der Waals surface area contributed by atoms with E-state index in [-0.39, 0.29) is 5.95 Å². The maximum Gasteiger partial charge on any atom is 0.414 e. The Balaban J connectivity index is 1.76. The van der Waals surface area contributed by atoms with Gasteiger partial charge in [-0.1, -0.05) is 6.07 Å². The van der Waals surface area contributed by atoms with Crippen molar-refractivity contribution in [2.75, 3.05) is 30.4 Å². The Labute approximate surface area is 145 Å². The van der Waals surface area contributed by atoms with Crippen LogP contribution in [-0.4, -0.2) is 45.9 Å². The van der Waals surface area contributed by atoms with E-state index in [2.05, 4.69) is 25.3 Å². The summed E-state index contributed by atoms with van der Waals surface area (Å²) >= 11 is 0. The van der Waals surface area contributed by atoms with Crippen LogP contribution in [0.1, 0.15) is 12.5 Å². The molecule has 3 aromatic heterocycles. The summed E-state index contributed by atoms with van der Waals surface area (Å²) in [7, 11) is 2.00. The molecule has 0 aromatic carbocycles. The van der Waals surface area contributed by atoms with Gasteiger partial charge in [-0.25, -0.2) is 4.79 Å². The summed E-state index contributed by atoms with van der Waals surface area (Å²) in [4.78, 5) is 22.0. The van der Waals surface area contributed by atoms with Crippen LogP contribution in [0.3, 0.4) is 0 Å². The fraction of sp³-hybridized carbons (Fsp3) is 0.294. The molecule has 0 unspecified atom stereocenters. The van der Waals surface area contributed by atoms with Crippen LogP contribution in [0.25, 0.3) is 5.65 Å². The van der Waals surface area contributed by atoms with Gasteiger partial charge in [-0.3, -0.25) is 10.3 Å². The van der Waals surface area contributed by atoms with Gasteiger partial charge in [0.2, 0.25) is 0 Å². The molecule has 0 radical (unpaired) electrons. The Bertz CT molecular complexity index is 849.